The molecule has 0 heterocycles. The van der Waals surface area contributed by atoms with E-state index in [2.05, 4.69) is 39.3 Å². The third-order valence-electron chi connectivity index (χ3n) is 4.34. The summed E-state index contributed by atoms with van der Waals surface area (Å²) in [5, 5.41) is 4.54. The molecule has 1 N–H and O–H groups in total. The minimum atomic E-state index is 0.512. The molecule has 102 valence electrons. The summed E-state index contributed by atoms with van der Waals surface area (Å²) < 4.78 is 0. The molecular formula is C15H31NS. The Labute approximate surface area is 113 Å². The van der Waals surface area contributed by atoms with Crippen LogP contribution < -0.4 is 5.32 Å². The van der Waals surface area contributed by atoms with E-state index >= 15 is 0 Å². The van der Waals surface area contributed by atoms with Crippen LogP contribution in [0.3, 0.4) is 0 Å². The quantitative estimate of drug-likeness (QED) is 0.787. The van der Waals surface area contributed by atoms with Crippen LogP contribution in [0.1, 0.15) is 59.8 Å². The Morgan fingerprint density at radius 1 is 1.18 bits per heavy atom. The van der Waals surface area contributed by atoms with Gasteiger partial charge in [0.05, 0.1) is 0 Å². The van der Waals surface area contributed by atoms with Gasteiger partial charge in [-0.2, -0.15) is 11.8 Å². The number of hydrogen-bond donors (Lipinski definition) is 1. The van der Waals surface area contributed by atoms with E-state index in [9.17, 15) is 0 Å². The number of nitrogens with one attached hydrogen (secondary N) is 1. The zero-order chi connectivity index (χ0) is 12.9. The van der Waals surface area contributed by atoms with E-state index in [1.165, 1.54) is 38.6 Å². The van der Waals surface area contributed by atoms with Gasteiger partial charge in [0.15, 0.2) is 0 Å². The summed E-state index contributed by atoms with van der Waals surface area (Å²) in [6, 6.07) is 0.794. The Kier molecular flexibility index (Phi) is 6.36. The van der Waals surface area contributed by atoms with Gasteiger partial charge in [-0.15, -0.1) is 0 Å². The molecule has 0 saturated heterocycles. The zero-order valence-corrected chi connectivity index (χ0v) is 13.2. The Morgan fingerprint density at radius 3 is 2.24 bits per heavy atom. The van der Waals surface area contributed by atoms with Gasteiger partial charge in [0, 0.05) is 11.3 Å². The standard InChI is InChI=1S/C15H31NS/c1-12(17-5)10-11-16-14-8-6-13(7-9-14)15(2,3)4/h12-14,16H,6-11H2,1-5H3. The van der Waals surface area contributed by atoms with Gasteiger partial charge in [0.2, 0.25) is 0 Å². The van der Waals surface area contributed by atoms with Crippen LogP contribution in [0.4, 0.5) is 0 Å². The maximum atomic E-state index is 3.75. The van der Waals surface area contributed by atoms with Crippen LogP contribution in [0.2, 0.25) is 0 Å². The monoisotopic (exact) mass is 257 g/mol. The van der Waals surface area contributed by atoms with Gasteiger partial charge in [-0.05, 0) is 56.2 Å². The normalized spacial score (nSPS) is 28.1. The number of rotatable bonds is 5. The van der Waals surface area contributed by atoms with Gasteiger partial charge < -0.3 is 5.32 Å². The van der Waals surface area contributed by atoms with Gasteiger partial charge in [0.25, 0.3) is 0 Å². The average Bonchev–Trinajstić information content (AvgIpc) is 2.28. The topological polar surface area (TPSA) is 12.0 Å². The molecule has 0 spiro atoms. The molecule has 1 atom stereocenters. The summed E-state index contributed by atoms with van der Waals surface area (Å²) in [5.41, 5.74) is 0.512. The minimum Gasteiger partial charge on any atom is -0.314 e. The van der Waals surface area contributed by atoms with Crippen LogP contribution in [-0.2, 0) is 0 Å². The lowest BCUT2D eigenvalue weighted by atomic mass is 9.71. The van der Waals surface area contributed by atoms with Crippen LogP contribution in [0.15, 0.2) is 0 Å². The predicted octanol–water partition coefficient (Wildman–Crippen LogP) is 4.32. The smallest absolute Gasteiger partial charge is 0.00672 e. The highest BCUT2D eigenvalue weighted by atomic mass is 32.2. The van der Waals surface area contributed by atoms with Gasteiger partial charge in [-0.25, -0.2) is 0 Å². The van der Waals surface area contributed by atoms with Crippen LogP contribution in [0, 0.1) is 11.3 Å². The summed E-state index contributed by atoms with van der Waals surface area (Å²) in [5.74, 6) is 0.936. The fourth-order valence-corrected chi connectivity index (χ4v) is 3.13. The van der Waals surface area contributed by atoms with Crippen molar-refractivity contribution in [2.75, 3.05) is 12.8 Å². The lowest BCUT2D eigenvalue weighted by Gasteiger charge is -2.37. The van der Waals surface area contributed by atoms with Crippen molar-refractivity contribution in [2.45, 2.75) is 71.1 Å². The molecule has 1 aliphatic rings. The maximum Gasteiger partial charge on any atom is 0.00672 e. The van der Waals surface area contributed by atoms with Crippen molar-refractivity contribution in [2.24, 2.45) is 11.3 Å². The maximum absolute atomic E-state index is 3.75. The fraction of sp³-hybridized carbons (Fsp3) is 1.00. The first kappa shape index (κ1) is 15.4. The molecule has 1 nitrogen and oxygen atoms in total. The zero-order valence-electron chi connectivity index (χ0n) is 12.4. The molecule has 1 fully saturated rings. The van der Waals surface area contributed by atoms with Crippen LogP contribution in [-0.4, -0.2) is 24.1 Å². The van der Waals surface area contributed by atoms with Crippen LogP contribution in [0.25, 0.3) is 0 Å². The molecule has 2 heteroatoms. The van der Waals surface area contributed by atoms with E-state index in [0.717, 1.165) is 17.2 Å². The highest BCUT2D eigenvalue weighted by molar-refractivity contribution is 7.99. The summed E-state index contributed by atoms with van der Waals surface area (Å²) in [6.45, 7) is 10.7. The van der Waals surface area contributed by atoms with Crippen molar-refractivity contribution in [3.8, 4) is 0 Å². The average molecular weight is 257 g/mol. The first-order chi connectivity index (χ1) is 7.93. The predicted molar refractivity (Wildman–Crippen MR) is 80.8 cm³/mol. The summed E-state index contributed by atoms with van der Waals surface area (Å²) in [6.07, 6.45) is 9.11. The second kappa shape index (κ2) is 7.04. The van der Waals surface area contributed by atoms with E-state index in [-0.39, 0.29) is 0 Å². The Bertz CT molecular complexity index is 201. The second-order valence-electron chi connectivity index (χ2n) is 6.70. The lowest BCUT2D eigenvalue weighted by molar-refractivity contribution is 0.160. The molecule has 1 aliphatic carbocycles. The highest BCUT2D eigenvalue weighted by Crippen LogP contribution is 2.37. The molecule has 0 aromatic carbocycles. The van der Waals surface area contributed by atoms with Crippen LogP contribution in [0.5, 0.6) is 0 Å². The SMILES string of the molecule is CSC(C)CCNC1CCC(C(C)(C)C)CC1. The Morgan fingerprint density at radius 2 is 1.76 bits per heavy atom. The number of thioether (sulfide) groups is 1. The molecule has 1 saturated carbocycles. The van der Waals surface area contributed by atoms with Crippen molar-refractivity contribution < 1.29 is 0 Å². The first-order valence-electron chi connectivity index (χ1n) is 7.19. The second-order valence-corrected chi connectivity index (χ2v) is 7.98. The highest BCUT2D eigenvalue weighted by Gasteiger charge is 2.29. The van der Waals surface area contributed by atoms with Gasteiger partial charge in [-0.3, -0.25) is 0 Å². The molecule has 1 unspecified atom stereocenters. The Hall–Kier alpha value is 0.310. The number of hydrogen-bond acceptors (Lipinski definition) is 2. The minimum absolute atomic E-state index is 0.512. The van der Waals surface area contributed by atoms with Crippen molar-refractivity contribution in [1.29, 1.82) is 0 Å². The fourth-order valence-electron chi connectivity index (χ4n) is 2.77. The third kappa shape index (κ3) is 5.65. The van der Waals surface area contributed by atoms with Crippen molar-refractivity contribution >= 4 is 11.8 Å². The van der Waals surface area contributed by atoms with Crippen molar-refractivity contribution in [3.05, 3.63) is 0 Å². The summed E-state index contributed by atoms with van der Waals surface area (Å²) in [4.78, 5) is 0. The summed E-state index contributed by atoms with van der Waals surface area (Å²) >= 11 is 1.98. The van der Waals surface area contributed by atoms with Crippen molar-refractivity contribution in [3.63, 3.8) is 0 Å². The molecule has 0 radical (unpaired) electrons. The summed E-state index contributed by atoms with van der Waals surface area (Å²) in [7, 11) is 0. The van der Waals surface area contributed by atoms with Gasteiger partial charge >= 0.3 is 0 Å². The van der Waals surface area contributed by atoms with Gasteiger partial charge in [-0.1, -0.05) is 27.7 Å². The van der Waals surface area contributed by atoms with E-state index in [1.807, 2.05) is 11.8 Å². The van der Waals surface area contributed by atoms with E-state index in [4.69, 9.17) is 0 Å². The largest absolute Gasteiger partial charge is 0.314 e. The third-order valence-corrected chi connectivity index (χ3v) is 5.38. The molecule has 1 rings (SSSR count). The molecule has 0 aromatic rings. The van der Waals surface area contributed by atoms with Crippen molar-refractivity contribution in [1.82, 2.24) is 5.32 Å². The first-order valence-corrected chi connectivity index (χ1v) is 8.48. The molecule has 0 bridgehead atoms. The molecule has 17 heavy (non-hydrogen) atoms. The van der Waals surface area contributed by atoms with Gasteiger partial charge in [0.1, 0.15) is 0 Å². The van der Waals surface area contributed by atoms with E-state index in [1.54, 1.807) is 0 Å². The molecule has 0 amide bonds. The molecule has 0 aliphatic heterocycles. The van der Waals surface area contributed by atoms with Crippen LogP contribution >= 0.6 is 11.8 Å². The molecular weight excluding hydrogens is 226 g/mol. The Balaban J connectivity index is 2.15. The molecule has 0 aromatic heterocycles. The lowest BCUT2D eigenvalue weighted by Crippen LogP contribution is -2.37. The van der Waals surface area contributed by atoms with E-state index in [0.29, 0.717) is 5.41 Å². The van der Waals surface area contributed by atoms with E-state index < -0.39 is 0 Å².